The van der Waals surface area contributed by atoms with Gasteiger partial charge in [-0.3, -0.25) is 0 Å². The molecule has 0 atom stereocenters. The van der Waals surface area contributed by atoms with Gasteiger partial charge in [0, 0.05) is 111 Å². The standard InChI is InChI=1S/C114H87BN4O2/c1-112(2,3)76-62-89(72-36-18-12-19-37-72)108(93(64-76)87-46-30-44-85-83-42-24-28-50-105(83)120-110(85)87)118-101-68-79(116-97-48-26-22-40-81(97)91-60-74(52-58-99(91)116)70-32-14-10-15-33-70)54-56-95(101)115-96-57-55-80(117-98-49-27-23-41-82(98)92-61-75(53-59-100(92)117)71-34-16-11-17-35-71)69-102(96)119(104-67-78(114(7,8)9)66-103(118)107(104)115)109-90(73-38-20-13-21-39-73)63-77(113(4,5)6)65-94(109)88-47-31-45-86-84-43-25-29-51-106(84)121-111(86)88/h10-69H,1-9H3/i22D,23D,26D,27D,40D,41D,48D,49D,52D,53D,58D,59D,60D,61D. The normalized spacial score (nSPS) is 14.6. The maximum absolute atomic E-state index is 10.5. The van der Waals surface area contributed by atoms with Crippen molar-refractivity contribution >= 4 is 145 Å². The molecule has 6 heterocycles. The number of aromatic nitrogens is 2. The van der Waals surface area contributed by atoms with E-state index in [9.17, 15) is 19.2 Å². The van der Waals surface area contributed by atoms with Crippen LogP contribution in [0.4, 0.5) is 34.1 Å². The van der Waals surface area contributed by atoms with Crippen LogP contribution in [0.1, 0.15) is 98.2 Å². The summed E-state index contributed by atoms with van der Waals surface area (Å²) < 4.78 is 158. The number of anilines is 6. The predicted octanol–water partition coefficient (Wildman–Crippen LogP) is 29.7. The summed E-state index contributed by atoms with van der Waals surface area (Å²) in [5, 5.41) is 3.84. The summed E-state index contributed by atoms with van der Waals surface area (Å²) in [4.78, 5) is 4.77. The maximum atomic E-state index is 10.5. The van der Waals surface area contributed by atoms with E-state index in [4.69, 9.17) is 8.83 Å². The van der Waals surface area contributed by atoms with Gasteiger partial charge in [0.1, 0.15) is 22.3 Å². The highest BCUT2D eigenvalue weighted by molar-refractivity contribution is 7.00. The number of fused-ring (bicyclic) bond motifs is 16. The van der Waals surface area contributed by atoms with Crippen molar-refractivity contribution in [3.63, 3.8) is 0 Å². The molecule has 0 saturated carbocycles. The van der Waals surface area contributed by atoms with Gasteiger partial charge in [-0.05, 0) is 192 Å². The second-order valence-corrected chi connectivity index (χ2v) is 35.2. The van der Waals surface area contributed by atoms with Gasteiger partial charge in [-0.2, -0.15) is 0 Å². The number of furan rings is 2. The van der Waals surface area contributed by atoms with Crippen molar-refractivity contribution < 1.29 is 28.0 Å². The lowest BCUT2D eigenvalue weighted by Gasteiger charge is -2.47. The van der Waals surface area contributed by atoms with E-state index in [1.807, 2.05) is 84.9 Å². The van der Waals surface area contributed by atoms with Crippen LogP contribution in [0.3, 0.4) is 0 Å². The smallest absolute Gasteiger partial charge is 0.252 e. The summed E-state index contributed by atoms with van der Waals surface area (Å²) >= 11 is 0. The second-order valence-electron chi connectivity index (χ2n) is 35.2. The first kappa shape index (κ1) is 58.5. The minimum atomic E-state index is -0.817. The summed E-state index contributed by atoms with van der Waals surface area (Å²) in [6.07, 6.45) is 0. The Morgan fingerprint density at radius 1 is 0.273 bits per heavy atom. The van der Waals surface area contributed by atoms with Gasteiger partial charge in [0.05, 0.1) is 52.6 Å². The van der Waals surface area contributed by atoms with Gasteiger partial charge in [-0.25, -0.2) is 0 Å². The third kappa shape index (κ3) is 11.4. The summed E-state index contributed by atoms with van der Waals surface area (Å²) in [6, 6.07) is 88.2. The fraction of sp³-hybridized carbons (Fsp3) is 0.105. The van der Waals surface area contributed by atoms with E-state index < -0.39 is 71.3 Å². The molecule has 0 N–H and O–H groups in total. The molecule has 578 valence electrons. The Morgan fingerprint density at radius 3 is 1.04 bits per heavy atom. The first-order valence-corrected chi connectivity index (χ1v) is 41.3. The van der Waals surface area contributed by atoms with Crippen molar-refractivity contribution in [1.82, 2.24) is 9.13 Å². The highest BCUT2D eigenvalue weighted by atomic mass is 16.3. The SMILES string of the molecule is [2H]c1c([2H])c([2H])c2c(c1[2H])c1c([2H])c(-c3ccccc3)c([2H])c([2H])c1n2-c1ccc2c(c1)N(c1c(-c3ccccc3)cc(C(C)(C)C)cc1-c1cccc3c1oc1ccccc13)c1cc(C(C)(C)C)cc3c1B2c1ccc(-n2c4c([2H])c([2H])c([2H])c([2H])c4c4c([2H])c(-c5ccccc5)c([2H])c([2H])c42)cc1N3c1c(-c2ccccc2)cc(C(C)(C)C)cc1-c1cccc2c1oc1ccccc12. The van der Waals surface area contributed by atoms with Crippen molar-refractivity contribution in [3.8, 4) is 78.1 Å². The van der Waals surface area contributed by atoms with Crippen LogP contribution >= 0.6 is 0 Å². The minimum absolute atomic E-state index is 0.00327. The third-order valence-corrected chi connectivity index (χ3v) is 24.8. The van der Waals surface area contributed by atoms with E-state index in [-0.39, 0.29) is 91.0 Å². The molecule has 21 aromatic rings. The minimum Gasteiger partial charge on any atom is -0.455 e. The Hall–Kier alpha value is -14.4. The Labute approximate surface area is 724 Å². The molecular formula is C114H87BN4O2. The van der Waals surface area contributed by atoms with Gasteiger partial charge < -0.3 is 27.8 Å². The molecule has 2 aliphatic heterocycles. The number of para-hydroxylation sites is 6. The number of hydrogen-bond acceptors (Lipinski definition) is 4. The highest BCUT2D eigenvalue weighted by Crippen LogP contribution is 2.58. The summed E-state index contributed by atoms with van der Waals surface area (Å²) in [7, 11) is 0. The number of hydrogen-bond donors (Lipinski definition) is 0. The van der Waals surface area contributed by atoms with Gasteiger partial charge in [-0.15, -0.1) is 0 Å². The van der Waals surface area contributed by atoms with Crippen LogP contribution in [-0.4, -0.2) is 15.8 Å². The lowest BCUT2D eigenvalue weighted by Crippen LogP contribution is -2.61. The van der Waals surface area contributed by atoms with Crippen LogP contribution < -0.4 is 26.2 Å². The molecule has 7 heteroatoms. The first-order chi connectivity index (χ1) is 64.8. The average Bonchev–Trinajstić information content (AvgIpc) is 1.46. The van der Waals surface area contributed by atoms with Crippen LogP contribution in [-0.2, 0) is 16.2 Å². The van der Waals surface area contributed by atoms with Crippen LogP contribution in [0, 0.1) is 0 Å². The van der Waals surface area contributed by atoms with Gasteiger partial charge in [-0.1, -0.05) is 317 Å². The van der Waals surface area contributed by atoms with Crippen molar-refractivity contribution in [2.75, 3.05) is 9.80 Å². The lowest BCUT2D eigenvalue weighted by molar-refractivity contribution is 0.590. The van der Waals surface area contributed by atoms with Gasteiger partial charge >= 0.3 is 0 Å². The third-order valence-electron chi connectivity index (χ3n) is 24.8. The van der Waals surface area contributed by atoms with Crippen molar-refractivity contribution in [2.24, 2.45) is 0 Å². The Balaban J connectivity index is 0.937. The molecule has 0 saturated heterocycles. The van der Waals surface area contributed by atoms with Gasteiger partial charge in [0.2, 0.25) is 0 Å². The molecular weight excluding hydrogens is 1470 g/mol. The lowest BCUT2D eigenvalue weighted by atomic mass is 9.33. The van der Waals surface area contributed by atoms with Gasteiger partial charge in [0.15, 0.2) is 0 Å². The largest absolute Gasteiger partial charge is 0.455 e. The fourth-order valence-corrected chi connectivity index (χ4v) is 18.8. The molecule has 0 fully saturated rings. The molecule has 0 radical (unpaired) electrons. The van der Waals surface area contributed by atoms with Crippen LogP contribution in [0.5, 0.6) is 0 Å². The zero-order valence-corrected chi connectivity index (χ0v) is 68.2. The number of benzene rings is 17. The van der Waals surface area contributed by atoms with Crippen molar-refractivity contribution in [2.45, 2.75) is 78.6 Å². The predicted molar refractivity (Wildman–Crippen MR) is 512 cm³/mol. The highest BCUT2D eigenvalue weighted by Gasteiger charge is 2.47. The van der Waals surface area contributed by atoms with Crippen LogP contribution in [0.25, 0.3) is 166 Å². The number of rotatable bonds is 10. The second kappa shape index (κ2) is 27.1. The molecule has 23 rings (SSSR count). The molecule has 6 nitrogen and oxygen atoms in total. The average molecular weight is 1570 g/mol. The molecule has 0 spiro atoms. The Bertz CT molecular complexity index is 8250. The molecule has 4 aromatic heterocycles. The van der Waals surface area contributed by atoms with Crippen molar-refractivity contribution in [3.05, 3.63) is 380 Å². The molecule has 0 unspecified atom stereocenters. The zero-order valence-electron chi connectivity index (χ0n) is 82.2. The molecule has 17 aromatic carbocycles. The molecule has 0 aliphatic carbocycles. The van der Waals surface area contributed by atoms with E-state index in [0.29, 0.717) is 56.2 Å². The van der Waals surface area contributed by atoms with Crippen LogP contribution in [0.15, 0.2) is 372 Å². The van der Waals surface area contributed by atoms with E-state index in [1.165, 1.54) is 0 Å². The summed E-state index contributed by atoms with van der Waals surface area (Å²) in [5.41, 5.74) is 19.0. The van der Waals surface area contributed by atoms with E-state index in [0.717, 1.165) is 122 Å². The monoisotopic (exact) mass is 1570 g/mol. The van der Waals surface area contributed by atoms with Crippen LogP contribution in [0.2, 0.25) is 0 Å². The van der Waals surface area contributed by atoms with E-state index >= 15 is 0 Å². The van der Waals surface area contributed by atoms with E-state index in [1.54, 1.807) is 57.7 Å². The maximum Gasteiger partial charge on any atom is 0.252 e. The van der Waals surface area contributed by atoms with Crippen molar-refractivity contribution in [1.29, 1.82) is 0 Å². The Morgan fingerprint density at radius 2 is 0.628 bits per heavy atom. The molecule has 121 heavy (non-hydrogen) atoms. The summed E-state index contributed by atoms with van der Waals surface area (Å²) in [6.45, 7) is 19.1. The number of nitrogens with zero attached hydrogens (tertiary/aromatic N) is 4. The fourth-order valence-electron chi connectivity index (χ4n) is 18.8. The zero-order chi connectivity index (χ0) is 93.7. The molecule has 0 bridgehead atoms. The molecule has 2 aliphatic rings. The van der Waals surface area contributed by atoms with E-state index in [2.05, 4.69) is 218 Å². The molecule has 0 amide bonds. The first-order valence-electron chi connectivity index (χ1n) is 48.3. The topological polar surface area (TPSA) is 42.6 Å². The quantitative estimate of drug-likeness (QED) is 0.128. The van der Waals surface area contributed by atoms with Gasteiger partial charge in [0.25, 0.3) is 6.71 Å². The summed E-state index contributed by atoms with van der Waals surface area (Å²) in [5.74, 6) is 0. The Kier molecular flexibility index (Phi) is 13.1.